The Morgan fingerprint density at radius 3 is 1.25 bits per heavy atom. The summed E-state index contributed by atoms with van der Waals surface area (Å²) in [7, 11) is 0. The van der Waals surface area contributed by atoms with E-state index >= 15 is 0 Å². The van der Waals surface area contributed by atoms with Crippen LogP contribution in [0.1, 0.15) is 326 Å². The Balaban J connectivity index is 0.451. The zero-order chi connectivity index (χ0) is 85.1. The molecule has 6 saturated carbocycles. The van der Waals surface area contributed by atoms with Crippen molar-refractivity contribution in [3.05, 3.63) is 145 Å². The van der Waals surface area contributed by atoms with Crippen molar-refractivity contribution in [1.82, 2.24) is 0 Å². The minimum atomic E-state index is -0.476. The van der Waals surface area contributed by atoms with Gasteiger partial charge in [-0.2, -0.15) is 10.2 Å². The number of allylic oxidation sites excluding steroid dienone is 2. The quantitative estimate of drug-likeness (QED) is 0.0160. The van der Waals surface area contributed by atoms with Crippen LogP contribution in [0.3, 0.4) is 0 Å². The van der Waals surface area contributed by atoms with E-state index in [1.165, 1.54) is 154 Å². The first-order chi connectivity index (χ1) is 59.3. The van der Waals surface area contributed by atoms with Gasteiger partial charge in [-0.05, 0) is 278 Å². The molecule has 662 valence electrons. The largest absolute Gasteiger partial charge is 0.508 e. The van der Waals surface area contributed by atoms with Crippen LogP contribution >= 0.6 is 0 Å². The van der Waals surface area contributed by atoms with Crippen LogP contribution in [0.2, 0.25) is 0 Å². The number of ether oxygens (including phenoxy) is 6. The third kappa shape index (κ3) is 22.4. The fourth-order valence-electron chi connectivity index (χ4n) is 26.1. The van der Waals surface area contributed by atoms with Crippen molar-refractivity contribution in [3.63, 3.8) is 0 Å². The molecule has 0 saturated heterocycles. The Morgan fingerprint density at radius 1 is 0.377 bits per heavy atom. The molecule has 12 nitrogen and oxygen atoms in total. The molecule has 122 heavy (non-hydrogen) atoms. The van der Waals surface area contributed by atoms with Crippen LogP contribution in [-0.2, 0) is 18.9 Å². The molecule has 0 N–H and O–H groups in total. The van der Waals surface area contributed by atoms with E-state index in [0.29, 0.717) is 37.3 Å². The minimum Gasteiger partial charge on any atom is -0.494 e. The fourth-order valence-corrected chi connectivity index (χ4v) is 26.1. The number of hydrogen-bond acceptors (Lipinski definition) is 12. The van der Waals surface area contributed by atoms with Crippen molar-refractivity contribution < 1.29 is 38.0 Å². The van der Waals surface area contributed by atoms with Gasteiger partial charge < -0.3 is 28.4 Å². The molecule has 8 aliphatic rings. The molecule has 0 spiro atoms. The molecule has 0 bridgehead atoms. The van der Waals surface area contributed by atoms with Gasteiger partial charge in [0, 0.05) is 30.0 Å². The number of nitrogens with zero attached hydrogens (tertiary/aromatic N) is 4. The van der Waals surface area contributed by atoms with Gasteiger partial charge in [0.15, 0.2) is 0 Å². The van der Waals surface area contributed by atoms with Crippen molar-refractivity contribution in [1.29, 1.82) is 0 Å². The van der Waals surface area contributed by atoms with Gasteiger partial charge in [-0.25, -0.2) is 9.59 Å². The molecule has 12 heteroatoms. The summed E-state index contributed by atoms with van der Waals surface area (Å²) in [5.74, 6) is 11.5. The second-order valence-electron chi connectivity index (χ2n) is 41.6. The highest BCUT2D eigenvalue weighted by molar-refractivity contribution is 6.12. The molecular weight excluding hydrogens is 1510 g/mol. The fraction of sp³-hybridized carbons (Fsp3) is 0.655. The molecule has 8 aliphatic carbocycles. The monoisotopic (exact) mass is 1660 g/mol. The predicted octanol–water partition coefficient (Wildman–Crippen LogP) is 33.4. The SMILES string of the molecule is CC(C)CCC[C@@H](C)[C@H]1CC[C@H]2[C@@H]3CC=C4C[C@H](OC(=O)OCCCCCCCCCCCOc5ccc(N=Nc6ccc7ccccc7c6-c6c(N=Nc7cccc(OCCCCCCCCCCCOC(=O)O[C@@H]8CC[C@@]9(C)C(=CC[C@H]%10[C@@H]%11CC[C@H]([C@H](C)CCCC(C)C)[C@@]%11(C)CC[C@@H]%109)C8)c7)ccc7ccccc67)cc5)CC[C@]4(C)[C@H]3CC[C@]12C. The zero-order valence-corrected chi connectivity index (χ0v) is 77.0. The van der Waals surface area contributed by atoms with Crippen molar-refractivity contribution >= 4 is 56.6 Å². The average Bonchev–Trinajstić information content (AvgIpc) is 1.58. The van der Waals surface area contributed by atoms with Gasteiger partial charge in [0.25, 0.3) is 0 Å². The highest BCUT2D eigenvalue weighted by Crippen LogP contribution is 2.70. The molecule has 0 radical (unpaired) electrons. The number of rotatable bonds is 43. The topological polar surface area (TPSA) is 139 Å². The minimum absolute atomic E-state index is 0.0635. The maximum Gasteiger partial charge on any atom is 0.508 e. The lowest BCUT2D eigenvalue weighted by molar-refractivity contribution is -0.0617. The maximum absolute atomic E-state index is 13.0. The van der Waals surface area contributed by atoms with Crippen molar-refractivity contribution in [2.24, 2.45) is 113 Å². The van der Waals surface area contributed by atoms with E-state index < -0.39 is 12.3 Å². The number of fused-ring (bicyclic) bond motifs is 12. The van der Waals surface area contributed by atoms with E-state index in [0.717, 1.165) is 241 Å². The standard InChI is InChI=1S/C110H154N4O8/c1-77(2)36-33-38-79(5)95-56-58-97-93-54-48-83-74-89(62-66-107(83,7)99(93)64-68-109(95,97)9)121-105(115)119-72-31-23-19-15-11-13-17-21-29-70-117-87-52-50-85(51-53-87)111-113-101-60-46-81-40-25-27-44-91(81)103(101)104-92-45-28-26-41-82(92)47-61-102(104)114-112-86-42-35-43-88(76-86)118-71-30-22-18-14-12-16-20-24-32-73-120-106(116)122-90-63-67-108(8)84(75-90)49-55-94-98-59-57-96(80(6)39-34-37-78(3)4)110(98,10)69-65-100(94)108/h25-28,35,40-53,60-61,76-80,89-90,93-100H,11-24,29-34,36-39,54-59,62-75H2,1-10H3/t79-,80-,89-,90-,93+,94+,95-,96-,97+,98+,99+,100+,107+,108+,109-,110-/m1/s1. The zero-order valence-electron chi connectivity index (χ0n) is 77.0. The van der Waals surface area contributed by atoms with Gasteiger partial charge in [0.05, 0.1) is 49.2 Å². The number of carbonyl (C=O) groups is 2. The molecular formula is C110H154N4O8. The van der Waals surface area contributed by atoms with E-state index in [2.05, 4.69) is 154 Å². The normalized spacial score (nSPS) is 27.8. The summed E-state index contributed by atoms with van der Waals surface area (Å²) in [6, 6.07) is 41.1. The van der Waals surface area contributed by atoms with Gasteiger partial charge in [0.1, 0.15) is 23.7 Å². The molecule has 0 aromatic heterocycles. The van der Waals surface area contributed by atoms with Crippen LogP contribution in [0.25, 0.3) is 32.7 Å². The molecule has 6 aromatic rings. The van der Waals surface area contributed by atoms with Gasteiger partial charge in [-0.1, -0.05) is 288 Å². The predicted molar refractivity (Wildman–Crippen MR) is 501 cm³/mol. The summed E-state index contributed by atoms with van der Waals surface area (Å²) in [5, 5.41) is 24.0. The van der Waals surface area contributed by atoms with Crippen LogP contribution in [-0.4, -0.2) is 50.9 Å². The Kier molecular flexibility index (Phi) is 32.2. The van der Waals surface area contributed by atoms with Gasteiger partial charge in [-0.15, -0.1) is 10.2 Å². The van der Waals surface area contributed by atoms with Crippen LogP contribution in [0.5, 0.6) is 11.5 Å². The van der Waals surface area contributed by atoms with Crippen LogP contribution in [0.4, 0.5) is 32.3 Å². The molecule has 0 amide bonds. The number of unbranched alkanes of at least 4 members (excludes halogenated alkanes) is 16. The summed E-state index contributed by atoms with van der Waals surface area (Å²) in [4.78, 5) is 25.9. The highest BCUT2D eigenvalue weighted by atomic mass is 16.7. The first-order valence-electron chi connectivity index (χ1n) is 49.7. The lowest BCUT2D eigenvalue weighted by atomic mass is 9.47. The Hall–Kier alpha value is -7.34. The van der Waals surface area contributed by atoms with E-state index in [1.54, 1.807) is 11.1 Å². The molecule has 6 aromatic carbocycles. The first-order valence-corrected chi connectivity index (χ1v) is 49.7. The second-order valence-corrected chi connectivity index (χ2v) is 41.6. The van der Waals surface area contributed by atoms with E-state index in [4.69, 9.17) is 48.9 Å². The number of carbonyl (C=O) groups excluding carboxylic acids is 2. The van der Waals surface area contributed by atoms with Crippen LogP contribution in [0.15, 0.2) is 165 Å². The number of hydrogen-bond donors (Lipinski definition) is 0. The summed E-state index contributed by atoms with van der Waals surface area (Å²) >= 11 is 0. The third-order valence-corrected chi connectivity index (χ3v) is 32.9. The molecule has 0 heterocycles. The third-order valence-electron chi connectivity index (χ3n) is 32.9. The van der Waals surface area contributed by atoms with Crippen molar-refractivity contribution in [2.45, 2.75) is 338 Å². The van der Waals surface area contributed by atoms with Crippen molar-refractivity contribution in [2.75, 3.05) is 26.4 Å². The van der Waals surface area contributed by atoms with E-state index in [9.17, 15) is 9.59 Å². The number of azo groups is 2. The van der Waals surface area contributed by atoms with E-state index in [1.807, 2.05) is 48.5 Å². The summed E-state index contributed by atoms with van der Waals surface area (Å²) in [6.07, 6.45) is 52.2. The Bertz CT molecular complexity index is 4480. The Labute approximate surface area is 735 Å². The lowest BCUT2D eigenvalue weighted by Gasteiger charge is -2.58. The molecule has 0 aliphatic heterocycles. The average molecular weight is 1660 g/mol. The lowest BCUT2D eigenvalue weighted by Crippen LogP contribution is -2.51. The Morgan fingerprint density at radius 2 is 0.795 bits per heavy atom. The van der Waals surface area contributed by atoms with Crippen LogP contribution in [0, 0.1) is 92.7 Å². The summed E-state index contributed by atoms with van der Waals surface area (Å²) in [6.45, 7) is 27.4. The van der Waals surface area contributed by atoms with Gasteiger partial charge >= 0.3 is 12.3 Å². The summed E-state index contributed by atoms with van der Waals surface area (Å²) in [5.41, 5.74) is 9.44. The highest BCUT2D eigenvalue weighted by Gasteiger charge is 2.61. The van der Waals surface area contributed by atoms with Crippen molar-refractivity contribution in [3.8, 4) is 22.6 Å². The van der Waals surface area contributed by atoms with Crippen LogP contribution < -0.4 is 9.47 Å². The smallest absolute Gasteiger partial charge is 0.494 e. The van der Waals surface area contributed by atoms with Gasteiger partial charge in [0.2, 0.25) is 0 Å². The molecule has 14 rings (SSSR count). The second kappa shape index (κ2) is 43.2. The molecule has 16 atom stereocenters. The van der Waals surface area contributed by atoms with E-state index in [-0.39, 0.29) is 23.0 Å². The first kappa shape index (κ1) is 90.9. The molecule has 6 fully saturated rings. The molecule has 0 unspecified atom stereocenters. The maximum atomic E-state index is 13.0. The number of benzene rings is 6. The summed E-state index contributed by atoms with van der Waals surface area (Å²) < 4.78 is 35.9. The van der Waals surface area contributed by atoms with Gasteiger partial charge in [-0.3, -0.25) is 0 Å².